The van der Waals surface area contributed by atoms with Gasteiger partial charge in [0, 0.05) is 0 Å². The Bertz CT molecular complexity index is 932. The Morgan fingerprint density at radius 3 is 2.64 bits per heavy atom. The van der Waals surface area contributed by atoms with Crippen LogP contribution in [0.15, 0.2) is 39.9 Å². The third-order valence-electron chi connectivity index (χ3n) is 3.30. The highest BCUT2D eigenvalue weighted by Gasteiger charge is 2.39. The maximum absolute atomic E-state index is 12.6. The van der Waals surface area contributed by atoms with Gasteiger partial charge in [0.1, 0.15) is 4.21 Å². The van der Waals surface area contributed by atoms with E-state index >= 15 is 0 Å². The molecule has 2 aromatic rings. The van der Waals surface area contributed by atoms with Crippen LogP contribution in [0.4, 0.5) is 0 Å². The van der Waals surface area contributed by atoms with E-state index in [4.69, 9.17) is 35.4 Å². The van der Waals surface area contributed by atoms with Crippen molar-refractivity contribution in [1.29, 1.82) is 0 Å². The molecule has 5 nitrogen and oxygen atoms in total. The summed E-state index contributed by atoms with van der Waals surface area (Å²) < 4.78 is 24.9. The molecule has 0 spiro atoms. The second-order valence-corrected chi connectivity index (χ2v) is 10.5. The fraction of sp³-hybridized carbons (Fsp3) is 0.143. The Hall–Kier alpha value is -0.680. The van der Waals surface area contributed by atoms with Crippen LogP contribution < -0.4 is 4.83 Å². The number of rotatable bonds is 5. The molecule has 0 saturated carbocycles. The van der Waals surface area contributed by atoms with Gasteiger partial charge in [-0.1, -0.05) is 59.3 Å². The molecule has 1 amide bonds. The summed E-state index contributed by atoms with van der Waals surface area (Å²) >= 11 is 19.2. The molecule has 1 fully saturated rings. The molecule has 25 heavy (non-hydrogen) atoms. The predicted octanol–water partition coefficient (Wildman–Crippen LogP) is 3.72. The van der Waals surface area contributed by atoms with Gasteiger partial charge >= 0.3 is 0 Å². The van der Waals surface area contributed by atoms with Gasteiger partial charge in [0.15, 0.2) is 4.32 Å². The van der Waals surface area contributed by atoms with Crippen LogP contribution in [0.1, 0.15) is 5.56 Å². The summed E-state index contributed by atoms with van der Waals surface area (Å²) in [6, 6.07) is 8.17. The molecule has 0 aliphatic carbocycles. The van der Waals surface area contributed by atoms with Crippen molar-refractivity contribution in [2.24, 2.45) is 0 Å². The number of thioether (sulfide) groups is 1. The number of amides is 1. The lowest BCUT2D eigenvalue weighted by atomic mass is 10.1. The summed E-state index contributed by atoms with van der Waals surface area (Å²) in [5, 5.41) is 2.84. The number of carbonyl (C=O) groups is 1. The zero-order chi connectivity index (χ0) is 18.2. The van der Waals surface area contributed by atoms with E-state index in [-0.39, 0.29) is 8.53 Å². The van der Waals surface area contributed by atoms with Gasteiger partial charge in [-0.05, 0) is 35.6 Å². The monoisotopic (exact) mass is 452 g/mol. The first-order valence-corrected chi connectivity index (χ1v) is 11.2. The fourth-order valence-corrected chi connectivity index (χ4v) is 6.02. The average molecular weight is 453 g/mol. The quantitative estimate of drug-likeness (QED) is 0.700. The van der Waals surface area contributed by atoms with Crippen LogP contribution in [-0.2, 0) is 21.2 Å². The lowest BCUT2D eigenvalue weighted by Gasteiger charge is -2.16. The molecular formula is C14H10Cl2N2O3S4. The van der Waals surface area contributed by atoms with Crippen molar-refractivity contribution in [3.05, 3.63) is 51.3 Å². The van der Waals surface area contributed by atoms with Crippen LogP contribution in [0.3, 0.4) is 0 Å². The predicted molar refractivity (Wildman–Crippen MR) is 106 cm³/mol. The first-order valence-electron chi connectivity index (χ1n) is 6.82. The van der Waals surface area contributed by atoms with E-state index in [0.717, 1.165) is 33.7 Å². The summed E-state index contributed by atoms with van der Waals surface area (Å²) in [6.45, 7) is 0. The number of sulfonamides is 1. The first-order chi connectivity index (χ1) is 11.8. The summed E-state index contributed by atoms with van der Waals surface area (Å²) in [4.78, 5) is 14.8. The van der Waals surface area contributed by atoms with Crippen LogP contribution in [0.25, 0.3) is 0 Å². The minimum atomic E-state index is -3.84. The van der Waals surface area contributed by atoms with Crippen LogP contribution in [0.5, 0.6) is 0 Å². The molecule has 1 aliphatic heterocycles. The number of hydrogen-bond acceptors (Lipinski definition) is 6. The van der Waals surface area contributed by atoms with Crippen LogP contribution in [0, 0.1) is 0 Å². The molecule has 3 rings (SSSR count). The molecule has 0 bridgehead atoms. The number of halogens is 2. The van der Waals surface area contributed by atoms with Crippen molar-refractivity contribution in [1.82, 2.24) is 9.84 Å². The molecule has 1 unspecified atom stereocenters. The zero-order valence-electron chi connectivity index (χ0n) is 12.3. The lowest BCUT2D eigenvalue weighted by molar-refractivity contribution is -0.127. The Balaban J connectivity index is 1.75. The summed E-state index contributed by atoms with van der Waals surface area (Å²) in [7, 11) is -3.84. The first kappa shape index (κ1) is 19.1. The number of hydrazine groups is 1. The molecule has 1 N–H and O–H groups in total. The van der Waals surface area contributed by atoms with E-state index in [0.29, 0.717) is 16.5 Å². The van der Waals surface area contributed by atoms with E-state index < -0.39 is 21.2 Å². The molecule has 1 aromatic heterocycles. The van der Waals surface area contributed by atoms with Crippen LogP contribution in [0.2, 0.25) is 10.0 Å². The normalized spacial score (nSPS) is 18.2. The molecule has 1 aliphatic rings. The van der Waals surface area contributed by atoms with Gasteiger partial charge in [0.05, 0.1) is 15.3 Å². The molecule has 11 heteroatoms. The molecule has 1 saturated heterocycles. The number of hydrogen-bond donors (Lipinski definition) is 1. The van der Waals surface area contributed by atoms with Crippen molar-refractivity contribution in [2.75, 3.05) is 0 Å². The maximum Gasteiger partial charge on any atom is 0.267 e. The molecule has 1 atom stereocenters. The van der Waals surface area contributed by atoms with E-state index in [9.17, 15) is 13.2 Å². The van der Waals surface area contributed by atoms with Crippen molar-refractivity contribution >= 4 is 78.8 Å². The zero-order valence-corrected chi connectivity index (χ0v) is 17.1. The fourth-order valence-electron chi connectivity index (χ4n) is 2.13. The van der Waals surface area contributed by atoms with Gasteiger partial charge in [-0.15, -0.1) is 16.2 Å². The lowest BCUT2D eigenvalue weighted by Crippen LogP contribution is -2.46. The van der Waals surface area contributed by atoms with Gasteiger partial charge in [0.2, 0.25) is 0 Å². The van der Waals surface area contributed by atoms with Gasteiger partial charge in [-0.25, -0.2) is 13.4 Å². The Morgan fingerprint density at radius 2 is 2.00 bits per heavy atom. The highest BCUT2D eigenvalue weighted by Crippen LogP contribution is 2.31. The Kier molecular flexibility index (Phi) is 5.74. The van der Waals surface area contributed by atoms with Crippen molar-refractivity contribution in [3.63, 3.8) is 0 Å². The molecule has 0 radical (unpaired) electrons. The number of thiophene rings is 1. The number of benzene rings is 1. The highest BCUT2D eigenvalue weighted by atomic mass is 35.5. The minimum Gasteiger partial charge on any atom is -0.272 e. The van der Waals surface area contributed by atoms with E-state index in [1.54, 1.807) is 29.6 Å². The summed E-state index contributed by atoms with van der Waals surface area (Å²) in [6.07, 6.45) is 0.359. The number of thiocarbonyl (C=S) groups is 1. The minimum absolute atomic E-state index is 0.112. The Labute approximate surface area is 168 Å². The second-order valence-electron chi connectivity index (χ2n) is 5.03. The van der Waals surface area contributed by atoms with E-state index in [2.05, 4.69) is 4.83 Å². The van der Waals surface area contributed by atoms with Gasteiger partial charge in [-0.3, -0.25) is 4.79 Å². The second kappa shape index (κ2) is 7.51. The van der Waals surface area contributed by atoms with E-state index in [1.807, 2.05) is 0 Å². The van der Waals surface area contributed by atoms with Gasteiger partial charge in [0.25, 0.3) is 15.9 Å². The summed E-state index contributed by atoms with van der Waals surface area (Å²) in [5.74, 6) is -0.416. The summed E-state index contributed by atoms with van der Waals surface area (Å²) in [5.41, 5.74) is 0.811. The van der Waals surface area contributed by atoms with Crippen molar-refractivity contribution in [2.45, 2.75) is 15.9 Å². The SMILES string of the molecule is O=C1C(Cc2ccc(Cl)c(Cl)c2)SC(=S)N1NS(=O)(=O)c1cccs1. The van der Waals surface area contributed by atoms with Crippen molar-refractivity contribution < 1.29 is 13.2 Å². The average Bonchev–Trinajstić information content (AvgIpc) is 3.17. The number of nitrogens with one attached hydrogen (secondary N) is 1. The molecule has 1 aromatic carbocycles. The van der Waals surface area contributed by atoms with Gasteiger partial charge < -0.3 is 0 Å². The van der Waals surface area contributed by atoms with Gasteiger partial charge in [-0.2, -0.15) is 0 Å². The largest absolute Gasteiger partial charge is 0.272 e. The van der Waals surface area contributed by atoms with E-state index in [1.165, 1.54) is 6.07 Å². The van der Waals surface area contributed by atoms with Crippen LogP contribution in [-0.4, -0.2) is 28.9 Å². The molecule has 2 heterocycles. The highest BCUT2D eigenvalue weighted by molar-refractivity contribution is 8.24. The number of carbonyl (C=O) groups excluding carboxylic acids is 1. The maximum atomic E-state index is 12.6. The molecular weight excluding hydrogens is 443 g/mol. The topological polar surface area (TPSA) is 66.5 Å². The smallest absolute Gasteiger partial charge is 0.267 e. The third kappa shape index (κ3) is 4.19. The third-order valence-corrected chi connectivity index (χ3v) is 8.24. The standard InChI is InChI=1S/C14H10Cl2N2O3S4/c15-9-4-3-8(6-10(9)16)7-11-13(19)18(14(22)24-11)17-25(20,21)12-2-1-5-23-12/h1-6,11,17H,7H2. The van der Waals surface area contributed by atoms with Crippen molar-refractivity contribution in [3.8, 4) is 0 Å². The molecule has 132 valence electrons. The Morgan fingerprint density at radius 1 is 1.24 bits per heavy atom. The van der Waals surface area contributed by atoms with Crippen LogP contribution >= 0.6 is 58.5 Å². The number of nitrogens with zero attached hydrogens (tertiary/aromatic N) is 1.